The van der Waals surface area contributed by atoms with E-state index in [2.05, 4.69) is 30.3 Å². The number of anilines is 1. The molecule has 7 nitrogen and oxygen atoms in total. The van der Waals surface area contributed by atoms with Crippen LogP contribution in [0.1, 0.15) is 5.69 Å². The molecule has 1 N–H and O–H groups in total. The number of benzene rings is 1. The lowest BCUT2D eigenvalue weighted by molar-refractivity contribution is 0.564. The zero-order valence-electron chi connectivity index (χ0n) is 10.2. The quantitative estimate of drug-likeness (QED) is 0.771. The molecule has 3 aromatic rings. The maximum atomic E-state index is 4.33. The monoisotopic (exact) mass is 273 g/mol. The van der Waals surface area contributed by atoms with Crippen LogP contribution in [0.2, 0.25) is 0 Å². The Kier molecular flexibility index (Phi) is 3.15. The zero-order valence-corrected chi connectivity index (χ0v) is 11.0. The van der Waals surface area contributed by atoms with Crippen LogP contribution in [0.5, 0.6) is 0 Å². The first kappa shape index (κ1) is 11.7. The highest BCUT2D eigenvalue weighted by atomic mass is 32.1. The molecule has 1 aromatic carbocycles. The van der Waals surface area contributed by atoms with Gasteiger partial charge in [-0.2, -0.15) is 4.80 Å². The summed E-state index contributed by atoms with van der Waals surface area (Å²) in [6.45, 7) is 0.451. The van der Waals surface area contributed by atoms with Crippen molar-refractivity contribution in [2.45, 2.75) is 6.54 Å². The van der Waals surface area contributed by atoms with Crippen molar-refractivity contribution >= 4 is 16.5 Å². The Balaban J connectivity index is 1.82. The summed E-state index contributed by atoms with van der Waals surface area (Å²) >= 11 is 1.31. The van der Waals surface area contributed by atoms with Crippen molar-refractivity contribution in [1.82, 2.24) is 29.8 Å². The number of aromatic nitrogens is 6. The van der Waals surface area contributed by atoms with Crippen molar-refractivity contribution in [1.29, 1.82) is 0 Å². The average Bonchev–Trinajstić information content (AvgIpc) is 3.09. The molecule has 0 bridgehead atoms. The molecular formula is C11H11N7S. The fraction of sp³-hybridized carbons (Fsp3) is 0.182. The fourth-order valence-electron chi connectivity index (χ4n) is 1.65. The Bertz CT molecular complexity index is 661. The molecule has 0 aliphatic heterocycles. The van der Waals surface area contributed by atoms with Crippen molar-refractivity contribution < 1.29 is 0 Å². The molecule has 0 amide bonds. The van der Waals surface area contributed by atoms with Gasteiger partial charge in [-0.05, 0) is 5.21 Å². The largest absolute Gasteiger partial charge is 0.377 e. The second-order valence-electron chi connectivity index (χ2n) is 3.81. The summed E-state index contributed by atoms with van der Waals surface area (Å²) in [5, 5.41) is 20.4. The summed E-state index contributed by atoms with van der Waals surface area (Å²) in [6, 6.07) is 9.74. The minimum absolute atomic E-state index is 0.451. The smallest absolute Gasteiger partial charge is 0.204 e. The molecule has 2 aromatic heterocycles. The van der Waals surface area contributed by atoms with E-state index in [1.54, 1.807) is 0 Å². The van der Waals surface area contributed by atoms with E-state index in [-0.39, 0.29) is 0 Å². The van der Waals surface area contributed by atoms with Gasteiger partial charge in [0, 0.05) is 24.1 Å². The highest BCUT2D eigenvalue weighted by Gasteiger charge is 2.10. The molecule has 0 atom stereocenters. The normalized spacial score (nSPS) is 10.6. The van der Waals surface area contributed by atoms with Crippen molar-refractivity contribution in [3.05, 3.63) is 36.0 Å². The van der Waals surface area contributed by atoms with Crippen LogP contribution in [0.15, 0.2) is 30.3 Å². The van der Waals surface area contributed by atoms with Crippen LogP contribution in [0.3, 0.4) is 0 Å². The molecule has 3 rings (SSSR count). The Morgan fingerprint density at radius 2 is 2.05 bits per heavy atom. The first-order valence-electron chi connectivity index (χ1n) is 5.69. The molecule has 8 heteroatoms. The van der Waals surface area contributed by atoms with E-state index in [4.69, 9.17) is 0 Å². The van der Waals surface area contributed by atoms with Crippen molar-refractivity contribution in [2.75, 3.05) is 12.4 Å². The lowest BCUT2D eigenvalue weighted by atomic mass is 10.2. The van der Waals surface area contributed by atoms with Gasteiger partial charge in [-0.3, -0.25) is 0 Å². The molecule has 0 aliphatic carbocycles. The standard InChI is InChI=1S/C11H11N7S/c1-12-11-9(13-17-19-11)7-18-15-10(14-16-18)8-5-3-2-4-6-8/h2-6,12H,7H2,1H3. The van der Waals surface area contributed by atoms with E-state index in [9.17, 15) is 0 Å². The third-order valence-electron chi connectivity index (χ3n) is 2.56. The summed E-state index contributed by atoms with van der Waals surface area (Å²) in [5.41, 5.74) is 1.75. The lowest BCUT2D eigenvalue weighted by Crippen LogP contribution is -2.06. The molecular weight excluding hydrogens is 262 g/mol. The molecule has 0 saturated carbocycles. The molecule has 96 valence electrons. The third-order valence-corrected chi connectivity index (χ3v) is 3.34. The molecule has 0 radical (unpaired) electrons. The molecule has 19 heavy (non-hydrogen) atoms. The van der Waals surface area contributed by atoms with Gasteiger partial charge in [0.1, 0.15) is 17.2 Å². The van der Waals surface area contributed by atoms with E-state index in [0.29, 0.717) is 12.4 Å². The summed E-state index contributed by atoms with van der Waals surface area (Å²) in [4.78, 5) is 1.51. The first-order valence-corrected chi connectivity index (χ1v) is 6.46. The third kappa shape index (κ3) is 2.43. The zero-order chi connectivity index (χ0) is 13.1. The number of hydrogen-bond acceptors (Lipinski definition) is 7. The van der Waals surface area contributed by atoms with Crippen molar-refractivity contribution in [3.63, 3.8) is 0 Å². The van der Waals surface area contributed by atoms with Gasteiger partial charge in [-0.1, -0.05) is 34.8 Å². The minimum Gasteiger partial charge on any atom is -0.377 e. The summed E-state index contributed by atoms with van der Waals surface area (Å²) in [5.74, 6) is 0.606. The van der Waals surface area contributed by atoms with Gasteiger partial charge >= 0.3 is 0 Å². The average molecular weight is 273 g/mol. The molecule has 0 unspecified atom stereocenters. The minimum atomic E-state index is 0.451. The number of hydrogen-bond donors (Lipinski definition) is 1. The highest BCUT2D eigenvalue weighted by Crippen LogP contribution is 2.17. The number of nitrogens with zero attached hydrogens (tertiary/aromatic N) is 6. The van der Waals surface area contributed by atoms with E-state index in [1.165, 1.54) is 16.3 Å². The maximum absolute atomic E-state index is 4.33. The topological polar surface area (TPSA) is 81.4 Å². The Morgan fingerprint density at radius 3 is 2.84 bits per heavy atom. The van der Waals surface area contributed by atoms with Gasteiger partial charge in [0.2, 0.25) is 5.82 Å². The first-order chi connectivity index (χ1) is 9.36. The molecule has 0 fully saturated rings. The highest BCUT2D eigenvalue weighted by molar-refractivity contribution is 7.10. The Hall–Kier alpha value is -2.35. The van der Waals surface area contributed by atoms with Gasteiger partial charge in [0.05, 0.1) is 0 Å². The van der Waals surface area contributed by atoms with Crippen LogP contribution in [0.4, 0.5) is 5.00 Å². The predicted molar refractivity (Wildman–Crippen MR) is 71.8 cm³/mol. The number of nitrogens with one attached hydrogen (secondary N) is 1. The SMILES string of the molecule is CNc1snnc1Cn1nnc(-c2ccccc2)n1. The molecule has 2 heterocycles. The summed E-state index contributed by atoms with van der Waals surface area (Å²) in [7, 11) is 1.84. The van der Waals surface area contributed by atoms with E-state index in [1.807, 2.05) is 37.4 Å². The van der Waals surface area contributed by atoms with Crippen molar-refractivity contribution in [2.24, 2.45) is 0 Å². The van der Waals surface area contributed by atoms with Gasteiger partial charge in [0.15, 0.2) is 0 Å². The van der Waals surface area contributed by atoms with Crippen LogP contribution in [0, 0.1) is 0 Å². The van der Waals surface area contributed by atoms with E-state index in [0.717, 1.165) is 16.3 Å². The van der Waals surface area contributed by atoms with Crippen LogP contribution in [-0.4, -0.2) is 36.8 Å². The second kappa shape index (κ2) is 5.11. The fourth-order valence-corrected chi connectivity index (χ4v) is 2.17. The predicted octanol–water partition coefficient (Wildman–Crippen LogP) is 1.28. The maximum Gasteiger partial charge on any atom is 0.204 e. The number of tetrazole rings is 1. The van der Waals surface area contributed by atoms with Crippen LogP contribution in [-0.2, 0) is 6.54 Å². The van der Waals surface area contributed by atoms with Gasteiger partial charge in [-0.15, -0.1) is 15.3 Å². The van der Waals surface area contributed by atoms with E-state index < -0.39 is 0 Å². The molecule has 0 spiro atoms. The second-order valence-corrected chi connectivity index (χ2v) is 4.56. The van der Waals surface area contributed by atoms with E-state index >= 15 is 0 Å². The molecule has 0 aliphatic rings. The van der Waals surface area contributed by atoms with Crippen LogP contribution < -0.4 is 5.32 Å². The van der Waals surface area contributed by atoms with Gasteiger partial charge in [-0.25, -0.2) is 0 Å². The van der Waals surface area contributed by atoms with Crippen LogP contribution >= 0.6 is 11.5 Å². The summed E-state index contributed by atoms with van der Waals surface area (Å²) < 4.78 is 3.89. The lowest BCUT2D eigenvalue weighted by Gasteiger charge is -1.98. The van der Waals surface area contributed by atoms with Gasteiger partial charge in [0.25, 0.3) is 0 Å². The van der Waals surface area contributed by atoms with Crippen LogP contribution in [0.25, 0.3) is 11.4 Å². The Labute approximate surface area is 113 Å². The van der Waals surface area contributed by atoms with Crippen molar-refractivity contribution in [3.8, 4) is 11.4 Å². The number of rotatable bonds is 4. The van der Waals surface area contributed by atoms with Gasteiger partial charge < -0.3 is 5.32 Å². The summed E-state index contributed by atoms with van der Waals surface area (Å²) in [6.07, 6.45) is 0. The Morgan fingerprint density at radius 1 is 1.21 bits per heavy atom. The molecule has 0 saturated heterocycles.